The molecule has 0 bridgehead atoms. The fraction of sp³-hybridized carbons (Fsp3) is 0.292. The minimum Gasteiger partial charge on any atom is -0.481 e. The average molecular weight is 421 g/mol. The molecule has 3 rings (SSSR count). The molecule has 0 fully saturated rings. The zero-order chi connectivity index (χ0) is 22.2. The van der Waals surface area contributed by atoms with Gasteiger partial charge in [-0.1, -0.05) is 55.0 Å². The molecule has 1 unspecified atom stereocenters. The van der Waals surface area contributed by atoms with Gasteiger partial charge in [0.2, 0.25) is 0 Å². The van der Waals surface area contributed by atoms with Gasteiger partial charge in [-0.3, -0.25) is 14.5 Å². The van der Waals surface area contributed by atoms with Crippen LogP contribution in [0, 0.1) is 0 Å². The number of nitrogens with one attached hydrogen (secondary N) is 2. The Morgan fingerprint density at radius 3 is 2.29 bits per heavy atom. The van der Waals surface area contributed by atoms with E-state index in [1.54, 1.807) is 11.8 Å². The molecule has 3 N–H and O–H groups in total. The molecular weight excluding hydrogens is 394 g/mol. The molecule has 162 valence electrons. The molecule has 1 atom stereocenters. The summed E-state index contributed by atoms with van der Waals surface area (Å²) in [5.41, 5.74) is 2.59. The van der Waals surface area contributed by atoms with Crippen molar-refractivity contribution in [2.45, 2.75) is 38.6 Å². The van der Waals surface area contributed by atoms with Gasteiger partial charge in [0.1, 0.15) is 0 Å². The van der Waals surface area contributed by atoms with Crippen molar-refractivity contribution in [2.24, 2.45) is 0 Å². The van der Waals surface area contributed by atoms with E-state index in [0.717, 1.165) is 5.56 Å². The lowest BCUT2D eigenvalue weighted by atomic mass is 9.94. The normalized spacial score (nSPS) is 16.1. The highest BCUT2D eigenvalue weighted by Crippen LogP contribution is 2.31. The number of carbonyl (C=O) groups excluding carboxylic acids is 2. The Bertz CT molecular complexity index is 957. The molecule has 2 aromatic carbocycles. The van der Waals surface area contributed by atoms with Crippen LogP contribution in [0.1, 0.15) is 44.2 Å². The average Bonchev–Trinajstić information content (AvgIpc) is 2.76. The highest BCUT2D eigenvalue weighted by molar-refractivity contribution is 6.06. The zero-order valence-electron chi connectivity index (χ0n) is 17.5. The molecule has 2 aromatic rings. The van der Waals surface area contributed by atoms with Crippen molar-refractivity contribution in [2.75, 3.05) is 11.9 Å². The summed E-state index contributed by atoms with van der Waals surface area (Å²) >= 11 is 0. The molecule has 0 spiro atoms. The van der Waals surface area contributed by atoms with Gasteiger partial charge < -0.3 is 15.7 Å². The molecule has 0 aromatic heterocycles. The van der Waals surface area contributed by atoms with E-state index in [-0.39, 0.29) is 18.4 Å². The summed E-state index contributed by atoms with van der Waals surface area (Å²) in [6.45, 7) is 2.20. The predicted octanol–water partition coefficient (Wildman–Crippen LogP) is 4.31. The first kappa shape index (κ1) is 22.1. The first-order valence-electron chi connectivity index (χ1n) is 10.4. The van der Waals surface area contributed by atoms with E-state index in [2.05, 4.69) is 10.6 Å². The summed E-state index contributed by atoms with van der Waals surface area (Å²) in [6.07, 6.45) is 2.02. The fourth-order valence-corrected chi connectivity index (χ4v) is 3.68. The maximum absolute atomic E-state index is 13.3. The summed E-state index contributed by atoms with van der Waals surface area (Å²) in [6, 6.07) is 17.8. The quantitative estimate of drug-likeness (QED) is 0.526. The smallest absolute Gasteiger partial charge is 0.322 e. The van der Waals surface area contributed by atoms with Crippen LogP contribution >= 0.6 is 0 Å². The standard InChI is InChI=1S/C24H27N3O4/c1-17-21(23(30)25-19-13-7-3-8-14-19)22(18-11-5-2-6-12-18)26-24(31)27(17)16-10-4-9-15-20(28)29/h2-3,5-8,11-14,22H,4,9-10,15-16H2,1H3,(H,25,30)(H,26,31)(H,28,29). The van der Waals surface area contributed by atoms with E-state index in [0.29, 0.717) is 42.8 Å². The molecule has 0 aliphatic carbocycles. The van der Waals surface area contributed by atoms with Crippen LogP contribution < -0.4 is 10.6 Å². The number of unbranched alkanes of at least 4 members (excludes halogenated alkanes) is 2. The van der Waals surface area contributed by atoms with Crippen LogP contribution in [0.2, 0.25) is 0 Å². The summed E-state index contributed by atoms with van der Waals surface area (Å²) in [5, 5.41) is 14.7. The third-order valence-electron chi connectivity index (χ3n) is 5.28. The maximum atomic E-state index is 13.3. The van der Waals surface area contributed by atoms with Gasteiger partial charge in [-0.2, -0.15) is 0 Å². The number of nitrogens with zero attached hydrogens (tertiary/aromatic N) is 1. The van der Waals surface area contributed by atoms with Crippen molar-refractivity contribution < 1.29 is 19.5 Å². The van der Waals surface area contributed by atoms with Gasteiger partial charge in [0.25, 0.3) is 5.91 Å². The molecule has 7 nitrogen and oxygen atoms in total. The van der Waals surface area contributed by atoms with Crippen LogP contribution in [0.3, 0.4) is 0 Å². The number of carbonyl (C=O) groups is 3. The number of aliphatic carboxylic acids is 1. The Morgan fingerprint density at radius 2 is 1.65 bits per heavy atom. The van der Waals surface area contributed by atoms with Gasteiger partial charge >= 0.3 is 12.0 Å². The number of hydrogen-bond acceptors (Lipinski definition) is 3. The summed E-state index contributed by atoms with van der Waals surface area (Å²) in [5.74, 6) is -1.09. The van der Waals surface area contributed by atoms with Crippen molar-refractivity contribution in [3.8, 4) is 0 Å². The van der Waals surface area contributed by atoms with Crippen molar-refractivity contribution in [1.29, 1.82) is 0 Å². The number of rotatable bonds is 9. The van der Waals surface area contributed by atoms with Crippen molar-refractivity contribution in [3.05, 3.63) is 77.5 Å². The second-order valence-electron chi connectivity index (χ2n) is 7.47. The lowest BCUT2D eigenvalue weighted by Gasteiger charge is -2.36. The SMILES string of the molecule is CC1=C(C(=O)Nc2ccccc2)C(c2ccccc2)NC(=O)N1CCCCCC(=O)O. The first-order chi connectivity index (χ1) is 15.0. The van der Waals surface area contributed by atoms with Gasteiger partial charge in [-0.15, -0.1) is 0 Å². The number of allylic oxidation sites excluding steroid dienone is 1. The molecule has 3 amide bonds. The van der Waals surface area contributed by atoms with Gasteiger partial charge in [-0.05, 0) is 37.5 Å². The Balaban J connectivity index is 1.84. The molecule has 1 aliphatic heterocycles. The Hall–Kier alpha value is -3.61. The Kier molecular flexibility index (Phi) is 7.43. The van der Waals surface area contributed by atoms with E-state index in [9.17, 15) is 14.4 Å². The molecule has 1 heterocycles. The van der Waals surface area contributed by atoms with E-state index < -0.39 is 12.0 Å². The maximum Gasteiger partial charge on any atom is 0.322 e. The highest BCUT2D eigenvalue weighted by Gasteiger charge is 2.35. The molecule has 31 heavy (non-hydrogen) atoms. The topological polar surface area (TPSA) is 98.7 Å². The minimum absolute atomic E-state index is 0.113. The number of para-hydroxylation sites is 1. The van der Waals surface area contributed by atoms with Crippen LogP contribution in [0.5, 0.6) is 0 Å². The van der Waals surface area contributed by atoms with Crippen molar-refractivity contribution >= 4 is 23.6 Å². The molecule has 0 saturated heterocycles. The Labute approximate surface area is 181 Å². The van der Waals surface area contributed by atoms with Gasteiger partial charge in [-0.25, -0.2) is 4.79 Å². The summed E-state index contributed by atoms with van der Waals surface area (Å²) in [4.78, 5) is 38.3. The predicted molar refractivity (Wildman–Crippen MR) is 118 cm³/mol. The van der Waals surface area contributed by atoms with E-state index in [4.69, 9.17) is 5.11 Å². The molecule has 7 heteroatoms. The number of carboxylic acids is 1. The lowest BCUT2D eigenvalue weighted by Crippen LogP contribution is -2.48. The van der Waals surface area contributed by atoms with Gasteiger partial charge in [0.05, 0.1) is 11.6 Å². The third kappa shape index (κ3) is 5.72. The zero-order valence-corrected chi connectivity index (χ0v) is 17.5. The van der Waals surface area contributed by atoms with Crippen LogP contribution in [0.25, 0.3) is 0 Å². The summed E-state index contributed by atoms with van der Waals surface area (Å²) < 4.78 is 0. The van der Waals surface area contributed by atoms with Crippen LogP contribution in [-0.4, -0.2) is 34.5 Å². The van der Waals surface area contributed by atoms with E-state index >= 15 is 0 Å². The highest BCUT2D eigenvalue weighted by atomic mass is 16.4. The monoisotopic (exact) mass is 421 g/mol. The largest absolute Gasteiger partial charge is 0.481 e. The minimum atomic E-state index is -0.822. The fourth-order valence-electron chi connectivity index (χ4n) is 3.68. The molecule has 0 saturated carbocycles. The number of carboxylic acid groups (broad SMARTS) is 1. The van der Waals surface area contributed by atoms with Crippen molar-refractivity contribution in [1.82, 2.24) is 10.2 Å². The number of urea groups is 1. The number of benzene rings is 2. The first-order valence-corrected chi connectivity index (χ1v) is 10.4. The number of amides is 3. The second-order valence-corrected chi connectivity index (χ2v) is 7.47. The van der Waals surface area contributed by atoms with Gasteiger partial charge in [0.15, 0.2) is 0 Å². The van der Waals surface area contributed by atoms with Crippen LogP contribution in [-0.2, 0) is 9.59 Å². The third-order valence-corrected chi connectivity index (χ3v) is 5.28. The van der Waals surface area contributed by atoms with Crippen molar-refractivity contribution in [3.63, 3.8) is 0 Å². The number of anilines is 1. The van der Waals surface area contributed by atoms with Crippen LogP contribution in [0.15, 0.2) is 71.9 Å². The van der Waals surface area contributed by atoms with Gasteiger partial charge in [0, 0.05) is 24.4 Å². The molecular formula is C24H27N3O4. The number of hydrogen-bond donors (Lipinski definition) is 3. The van der Waals surface area contributed by atoms with E-state index in [1.165, 1.54) is 0 Å². The van der Waals surface area contributed by atoms with E-state index in [1.807, 2.05) is 60.7 Å². The Morgan fingerprint density at radius 1 is 1.00 bits per heavy atom. The molecule has 1 aliphatic rings. The molecule has 0 radical (unpaired) electrons. The summed E-state index contributed by atoms with van der Waals surface area (Å²) in [7, 11) is 0. The lowest BCUT2D eigenvalue weighted by molar-refractivity contribution is -0.137. The second kappa shape index (κ2) is 10.4. The van der Waals surface area contributed by atoms with Crippen LogP contribution in [0.4, 0.5) is 10.5 Å².